The van der Waals surface area contributed by atoms with Crippen LogP contribution in [0.25, 0.3) is 0 Å². The summed E-state index contributed by atoms with van der Waals surface area (Å²) in [5.41, 5.74) is 11.5. The Balaban J connectivity index is 1.44. The second kappa shape index (κ2) is 9.94. The van der Waals surface area contributed by atoms with Crippen LogP contribution in [0.3, 0.4) is 0 Å². The quantitative estimate of drug-likeness (QED) is 0.349. The molecule has 0 unspecified atom stereocenters. The van der Waals surface area contributed by atoms with Crippen LogP contribution in [0, 0.1) is 0 Å². The summed E-state index contributed by atoms with van der Waals surface area (Å²) in [7, 11) is 0. The van der Waals surface area contributed by atoms with Crippen LogP contribution < -0.4 is 20.6 Å². The normalized spacial score (nSPS) is 11.0. The minimum absolute atomic E-state index is 0.141. The Morgan fingerprint density at radius 1 is 0.931 bits per heavy atom. The fraction of sp³-hybridized carbons (Fsp3) is 0.130. The number of hydrazone groups is 1. The predicted octanol–water partition coefficient (Wildman–Crippen LogP) is 3.77. The Hall–Kier alpha value is -3.80. The van der Waals surface area contributed by atoms with Crippen LogP contribution in [0.1, 0.15) is 18.1 Å². The molecule has 0 atom stereocenters. The first-order valence-electron chi connectivity index (χ1n) is 9.19. The van der Waals surface area contributed by atoms with Gasteiger partial charge in [0.15, 0.2) is 6.61 Å². The number of rotatable bonds is 8. The zero-order valence-corrected chi connectivity index (χ0v) is 16.2. The maximum Gasteiger partial charge on any atom is 0.277 e. The Morgan fingerprint density at radius 3 is 2.31 bits per heavy atom. The molecule has 0 spiro atoms. The van der Waals surface area contributed by atoms with Gasteiger partial charge in [0.2, 0.25) is 0 Å². The number of nitrogens with one attached hydrogen (secondary N) is 1. The van der Waals surface area contributed by atoms with Gasteiger partial charge in [0.1, 0.15) is 18.1 Å². The molecular formula is C23H23N3O3. The lowest BCUT2D eigenvalue weighted by Gasteiger charge is -2.09. The van der Waals surface area contributed by atoms with Crippen molar-refractivity contribution in [2.75, 3.05) is 12.3 Å². The number of ether oxygens (including phenoxy) is 2. The maximum absolute atomic E-state index is 12.0. The smallest absolute Gasteiger partial charge is 0.277 e. The van der Waals surface area contributed by atoms with Crippen molar-refractivity contribution in [2.24, 2.45) is 5.10 Å². The van der Waals surface area contributed by atoms with Crippen LogP contribution in [0.5, 0.6) is 11.5 Å². The number of carbonyl (C=O) groups is 1. The van der Waals surface area contributed by atoms with Crippen molar-refractivity contribution < 1.29 is 14.3 Å². The first-order valence-corrected chi connectivity index (χ1v) is 9.19. The van der Waals surface area contributed by atoms with Crippen molar-refractivity contribution in [2.45, 2.75) is 13.5 Å². The van der Waals surface area contributed by atoms with Gasteiger partial charge in [-0.05, 0) is 54.4 Å². The summed E-state index contributed by atoms with van der Waals surface area (Å²) in [6, 6.07) is 24.4. The first-order chi connectivity index (χ1) is 14.1. The topological polar surface area (TPSA) is 85.9 Å². The molecule has 29 heavy (non-hydrogen) atoms. The van der Waals surface area contributed by atoms with E-state index in [4.69, 9.17) is 15.2 Å². The SMILES string of the molecule is C/C(=N\NC(=O)COc1ccc(OCc2ccccc2)cc1)c1cccc(N)c1. The summed E-state index contributed by atoms with van der Waals surface area (Å²) in [4.78, 5) is 12.0. The summed E-state index contributed by atoms with van der Waals surface area (Å²) in [5, 5.41) is 4.08. The average Bonchev–Trinajstić information content (AvgIpc) is 2.76. The van der Waals surface area contributed by atoms with Gasteiger partial charge in [-0.1, -0.05) is 42.5 Å². The highest BCUT2D eigenvalue weighted by Crippen LogP contribution is 2.18. The van der Waals surface area contributed by atoms with Gasteiger partial charge in [0, 0.05) is 5.69 Å². The lowest BCUT2D eigenvalue weighted by molar-refractivity contribution is -0.123. The van der Waals surface area contributed by atoms with Gasteiger partial charge in [-0.2, -0.15) is 5.10 Å². The summed E-state index contributed by atoms with van der Waals surface area (Å²) in [6.45, 7) is 2.15. The zero-order chi connectivity index (χ0) is 20.5. The fourth-order valence-corrected chi connectivity index (χ4v) is 2.53. The van der Waals surface area contributed by atoms with Crippen molar-refractivity contribution in [3.63, 3.8) is 0 Å². The Kier molecular flexibility index (Phi) is 6.84. The molecule has 6 heteroatoms. The predicted molar refractivity (Wildman–Crippen MR) is 114 cm³/mol. The summed E-state index contributed by atoms with van der Waals surface area (Å²) in [5.74, 6) is 0.953. The molecule has 0 fully saturated rings. The third-order valence-electron chi connectivity index (χ3n) is 4.09. The van der Waals surface area contributed by atoms with E-state index in [0.29, 0.717) is 23.8 Å². The van der Waals surface area contributed by atoms with Gasteiger partial charge < -0.3 is 15.2 Å². The number of benzene rings is 3. The lowest BCUT2D eigenvalue weighted by atomic mass is 10.1. The fourth-order valence-electron chi connectivity index (χ4n) is 2.53. The molecule has 0 aromatic heterocycles. The van der Waals surface area contributed by atoms with Gasteiger partial charge in [0.25, 0.3) is 5.91 Å². The lowest BCUT2D eigenvalue weighted by Crippen LogP contribution is -2.25. The third kappa shape index (κ3) is 6.39. The number of carbonyl (C=O) groups excluding carboxylic acids is 1. The van der Waals surface area contributed by atoms with E-state index in [1.165, 1.54) is 0 Å². The number of hydrogen-bond donors (Lipinski definition) is 2. The standard InChI is InChI=1S/C23H23N3O3/c1-17(19-8-5-9-20(24)14-19)25-26-23(27)16-29-22-12-10-21(11-13-22)28-15-18-6-3-2-4-7-18/h2-14H,15-16,24H2,1H3,(H,26,27)/b25-17+. The van der Waals surface area contributed by atoms with E-state index in [1.54, 1.807) is 43.3 Å². The highest BCUT2D eigenvalue weighted by Gasteiger charge is 2.04. The summed E-state index contributed by atoms with van der Waals surface area (Å²) < 4.78 is 11.2. The summed E-state index contributed by atoms with van der Waals surface area (Å²) in [6.07, 6.45) is 0. The molecule has 0 aliphatic heterocycles. The molecule has 0 aliphatic rings. The van der Waals surface area contributed by atoms with E-state index >= 15 is 0 Å². The Morgan fingerprint density at radius 2 is 1.62 bits per heavy atom. The molecule has 3 rings (SSSR count). The van der Waals surface area contributed by atoms with Crippen LogP contribution in [-0.2, 0) is 11.4 Å². The monoisotopic (exact) mass is 389 g/mol. The number of anilines is 1. The van der Waals surface area contributed by atoms with Crippen LogP contribution in [0.2, 0.25) is 0 Å². The molecule has 3 aromatic rings. The number of nitrogens with two attached hydrogens (primary N) is 1. The van der Waals surface area contributed by atoms with Gasteiger partial charge in [-0.25, -0.2) is 5.43 Å². The second-order valence-electron chi connectivity index (χ2n) is 6.39. The molecule has 0 saturated carbocycles. The molecule has 1 amide bonds. The number of hydrogen-bond acceptors (Lipinski definition) is 5. The zero-order valence-electron chi connectivity index (χ0n) is 16.2. The van der Waals surface area contributed by atoms with E-state index in [2.05, 4.69) is 10.5 Å². The van der Waals surface area contributed by atoms with Gasteiger partial charge >= 0.3 is 0 Å². The molecule has 0 saturated heterocycles. The van der Waals surface area contributed by atoms with E-state index in [0.717, 1.165) is 16.9 Å². The van der Waals surface area contributed by atoms with Crippen molar-refractivity contribution in [1.29, 1.82) is 0 Å². The number of nitrogen functional groups attached to an aromatic ring is 1. The highest BCUT2D eigenvalue weighted by molar-refractivity contribution is 5.99. The van der Waals surface area contributed by atoms with Crippen molar-refractivity contribution in [1.82, 2.24) is 5.43 Å². The molecule has 0 heterocycles. The van der Waals surface area contributed by atoms with Crippen LogP contribution in [0.15, 0.2) is 84.0 Å². The molecule has 0 radical (unpaired) electrons. The van der Waals surface area contributed by atoms with E-state index in [1.807, 2.05) is 42.5 Å². The van der Waals surface area contributed by atoms with E-state index in [-0.39, 0.29) is 12.5 Å². The highest BCUT2D eigenvalue weighted by atomic mass is 16.5. The molecule has 0 aliphatic carbocycles. The average molecular weight is 389 g/mol. The molecule has 3 N–H and O–H groups in total. The van der Waals surface area contributed by atoms with Crippen molar-refractivity contribution in [3.8, 4) is 11.5 Å². The second-order valence-corrected chi connectivity index (χ2v) is 6.39. The molecular weight excluding hydrogens is 366 g/mol. The maximum atomic E-state index is 12.0. The van der Waals surface area contributed by atoms with Crippen molar-refractivity contribution >= 4 is 17.3 Å². The van der Waals surface area contributed by atoms with E-state index in [9.17, 15) is 4.79 Å². The first kappa shape index (κ1) is 19.9. The van der Waals surface area contributed by atoms with Gasteiger partial charge in [0.05, 0.1) is 5.71 Å². The largest absolute Gasteiger partial charge is 0.489 e. The third-order valence-corrected chi connectivity index (χ3v) is 4.09. The number of amides is 1. The van der Waals surface area contributed by atoms with Crippen LogP contribution >= 0.6 is 0 Å². The van der Waals surface area contributed by atoms with Crippen LogP contribution in [0.4, 0.5) is 5.69 Å². The molecule has 0 bridgehead atoms. The van der Waals surface area contributed by atoms with Gasteiger partial charge in [-0.15, -0.1) is 0 Å². The molecule has 6 nitrogen and oxygen atoms in total. The molecule has 3 aromatic carbocycles. The Bertz CT molecular complexity index is 970. The Labute approximate surface area is 170 Å². The van der Waals surface area contributed by atoms with Crippen LogP contribution in [-0.4, -0.2) is 18.2 Å². The van der Waals surface area contributed by atoms with Crippen molar-refractivity contribution in [3.05, 3.63) is 90.0 Å². The minimum Gasteiger partial charge on any atom is -0.489 e. The molecule has 148 valence electrons. The van der Waals surface area contributed by atoms with Gasteiger partial charge in [-0.3, -0.25) is 4.79 Å². The summed E-state index contributed by atoms with van der Waals surface area (Å²) >= 11 is 0. The number of nitrogens with zero attached hydrogens (tertiary/aromatic N) is 1. The minimum atomic E-state index is -0.349. The van der Waals surface area contributed by atoms with E-state index < -0.39 is 0 Å².